The summed E-state index contributed by atoms with van der Waals surface area (Å²) in [6.07, 6.45) is 0.820. The van der Waals surface area contributed by atoms with E-state index < -0.39 is 48.3 Å². The molecule has 2 saturated carbocycles. The van der Waals surface area contributed by atoms with Crippen molar-refractivity contribution < 1.29 is 36.1 Å². The zero-order chi connectivity index (χ0) is 28.9. The van der Waals surface area contributed by atoms with E-state index in [2.05, 4.69) is 30.9 Å². The number of imidazole rings is 1. The molecule has 0 bridgehead atoms. The topological polar surface area (TPSA) is 127 Å². The predicted molar refractivity (Wildman–Crippen MR) is 131 cm³/mol. The second-order valence-electron chi connectivity index (χ2n) is 11.3. The molecule has 3 aromatic rings. The molecule has 3 aromatic heterocycles. The molecule has 4 heterocycles. The van der Waals surface area contributed by atoms with Crippen LogP contribution in [0.3, 0.4) is 0 Å². The van der Waals surface area contributed by atoms with Gasteiger partial charge in [0.1, 0.15) is 11.8 Å². The van der Waals surface area contributed by atoms with Gasteiger partial charge in [-0.3, -0.25) is 9.59 Å². The summed E-state index contributed by atoms with van der Waals surface area (Å²) >= 11 is 0. The van der Waals surface area contributed by atoms with Gasteiger partial charge in [-0.25, -0.2) is 23.3 Å². The van der Waals surface area contributed by atoms with E-state index in [9.17, 15) is 31.5 Å². The second-order valence-corrected chi connectivity index (χ2v) is 11.3. The van der Waals surface area contributed by atoms with Crippen molar-refractivity contribution in [3.05, 3.63) is 41.3 Å². The molecule has 220 valence electrons. The SMILES string of the molecule is O=C(N[C@H](c1cn2nc(C[C@H]3C[C@@H](C(F)(F)F)CNC3=O)cnc2n1)C1CCC(F)(F)CC1)c1conc1C1CC1. The fourth-order valence-electron chi connectivity index (χ4n) is 5.77. The molecule has 6 rings (SSSR count). The molecular weight excluding hydrogens is 553 g/mol. The third-order valence-corrected chi connectivity index (χ3v) is 8.28. The van der Waals surface area contributed by atoms with Crippen LogP contribution in [-0.4, -0.2) is 55.2 Å². The Kier molecular flexibility index (Phi) is 6.92. The summed E-state index contributed by atoms with van der Waals surface area (Å²) in [5.41, 5.74) is 1.52. The maximum absolute atomic E-state index is 14.0. The number of nitrogens with zero attached hydrogens (tertiary/aromatic N) is 5. The van der Waals surface area contributed by atoms with Gasteiger partial charge in [-0.15, -0.1) is 0 Å². The molecular formula is C26H28F5N7O3. The maximum Gasteiger partial charge on any atom is 0.393 e. The van der Waals surface area contributed by atoms with Crippen molar-refractivity contribution in [3.8, 4) is 0 Å². The highest BCUT2D eigenvalue weighted by Crippen LogP contribution is 2.43. The van der Waals surface area contributed by atoms with Crippen LogP contribution in [0, 0.1) is 17.8 Å². The average Bonchev–Trinajstić information content (AvgIpc) is 3.48. The third kappa shape index (κ3) is 5.89. The first kappa shape index (κ1) is 27.5. The Morgan fingerprint density at radius 1 is 1.22 bits per heavy atom. The van der Waals surface area contributed by atoms with Gasteiger partial charge in [-0.05, 0) is 38.0 Å². The number of aromatic nitrogens is 5. The molecule has 15 heteroatoms. The largest absolute Gasteiger partial charge is 0.393 e. The number of piperidine rings is 1. The van der Waals surface area contributed by atoms with E-state index in [0.717, 1.165) is 12.8 Å². The standard InChI is InChI=1S/C26H28F5N7O3/c27-25(28)5-3-14(4-6-25)21(35-23(40)18-12-41-37-20(18)13-1-2-13)19-11-38-24(34-19)33-10-17(36-38)8-15-7-16(26(29,30)31)9-32-22(15)39/h10-16,21H,1-9H2,(H,32,39)(H,35,40)/t15-,16-,21+/m1/s1. The number of halogens is 5. The summed E-state index contributed by atoms with van der Waals surface area (Å²) in [5.74, 6) is -6.28. The van der Waals surface area contributed by atoms with Gasteiger partial charge in [0.15, 0.2) is 0 Å². The van der Waals surface area contributed by atoms with Crippen LogP contribution in [0.1, 0.15) is 84.3 Å². The quantitative estimate of drug-likeness (QED) is 0.402. The molecule has 0 radical (unpaired) electrons. The van der Waals surface area contributed by atoms with Gasteiger partial charge in [0.2, 0.25) is 11.8 Å². The van der Waals surface area contributed by atoms with Crippen LogP contribution in [0.2, 0.25) is 0 Å². The zero-order valence-electron chi connectivity index (χ0n) is 21.8. The normalized spacial score (nSPS) is 24.3. The summed E-state index contributed by atoms with van der Waals surface area (Å²) in [5, 5.41) is 13.6. The smallest absolute Gasteiger partial charge is 0.364 e. The zero-order valence-corrected chi connectivity index (χ0v) is 21.8. The summed E-state index contributed by atoms with van der Waals surface area (Å²) in [6.45, 7) is -0.453. The lowest BCUT2D eigenvalue weighted by atomic mass is 9.81. The van der Waals surface area contributed by atoms with Crippen molar-refractivity contribution in [1.29, 1.82) is 0 Å². The highest BCUT2D eigenvalue weighted by atomic mass is 19.4. The predicted octanol–water partition coefficient (Wildman–Crippen LogP) is 4.14. The molecule has 2 N–H and O–H groups in total. The minimum atomic E-state index is -4.42. The Bertz CT molecular complexity index is 1440. The van der Waals surface area contributed by atoms with Crippen molar-refractivity contribution in [2.24, 2.45) is 17.8 Å². The van der Waals surface area contributed by atoms with E-state index in [1.54, 1.807) is 0 Å². The third-order valence-electron chi connectivity index (χ3n) is 8.28. The first-order valence-corrected chi connectivity index (χ1v) is 13.7. The van der Waals surface area contributed by atoms with Crippen molar-refractivity contribution in [2.45, 2.75) is 75.4 Å². The van der Waals surface area contributed by atoms with Crippen molar-refractivity contribution in [1.82, 2.24) is 35.4 Å². The van der Waals surface area contributed by atoms with Crippen LogP contribution in [0.4, 0.5) is 22.0 Å². The van der Waals surface area contributed by atoms with E-state index in [-0.39, 0.29) is 56.1 Å². The minimum Gasteiger partial charge on any atom is -0.364 e. The molecule has 2 aliphatic carbocycles. The van der Waals surface area contributed by atoms with Crippen molar-refractivity contribution in [2.75, 3.05) is 6.54 Å². The van der Waals surface area contributed by atoms with Crippen molar-refractivity contribution in [3.63, 3.8) is 0 Å². The molecule has 41 heavy (non-hydrogen) atoms. The highest BCUT2D eigenvalue weighted by Gasteiger charge is 2.45. The second kappa shape index (κ2) is 10.3. The van der Waals surface area contributed by atoms with E-state index in [4.69, 9.17) is 4.52 Å². The number of rotatable bonds is 7. The lowest BCUT2D eigenvalue weighted by Gasteiger charge is -2.33. The summed E-state index contributed by atoms with van der Waals surface area (Å²) in [6, 6.07) is -0.732. The van der Waals surface area contributed by atoms with Gasteiger partial charge in [0.05, 0.1) is 41.4 Å². The Balaban J connectivity index is 1.24. The molecule has 1 aliphatic heterocycles. The molecule has 0 aromatic carbocycles. The average molecular weight is 582 g/mol. The summed E-state index contributed by atoms with van der Waals surface area (Å²) < 4.78 is 74.0. The van der Waals surface area contributed by atoms with E-state index in [1.807, 2.05) is 0 Å². The van der Waals surface area contributed by atoms with Gasteiger partial charge in [0.25, 0.3) is 11.7 Å². The molecule has 0 spiro atoms. The number of alkyl halides is 5. The Labute approximate surface area is 230 Å². The van der Waals surface area contributed by atoms with Crippen LogP contribution in [0.15, 0.2) is 23.2 Å². The monoisotopic (exact) mass is 581 g/mol. The molecule has 3 atom stereocenters. The molecule has 10 nitrogen and oxygen atoms in total. The molecule has 2 amide bonds. The lowest BCUT2D eigenvalue weighted by Crippen LogP contribution is -2.47. The van der Waals surface area contributed by atoms with Crippen molar-refractivity contribution >= 4 is 17.6 Å². The number of nitrogens with one attached hydrogen (secondary N) is 2. The molecule has 3 aliphatic rings. The van der Waals surface area contributed by atoms with Gasteiger partial charge in [-0.2, -0.15) is 18.3 Å². The fraction of sp³-hybridized carbons (Fsp3) is 0.615. The van der Waals surface area contributed by atoms with Gasteiger partial charge in [-0.1, -0.05) is 5.16 Å². The lowest BCUT2D eigenvalue weighted by molar-refractivity contribution is -0.183. The summed E-state index contributed by atoms with van der Waals surface area (Å²) in [7, 11) is 0. The van der Waals surface area contributed by atoms with Gasteiger partial charge in [0, 0.05) is 37.6 Å². The van der Waals surface area contributed by atoms with E-state index in [1.165, 1.54) is 23.2 Å². The fourth-order valence-corrected chi connectivity index (χ4v) is 5.77. The van der Waals surface area contributed by atoms with Crippen LogP contribution in [0.5, 0.6) is 0 Å². The molecule has 1 saturated heterocycles. The Hall–Kier alpha value is -3.65. The maximum atomic E-state index is 14.0. The number of fused-ring (bicyclic) bond motifs is 1. The van der Waals surface area contributed by atoms with E-state index >= 15 is 0 Å². The van der Waals surface area contributed by atoms with Gasteiger partial charge >= 0.3 is 6.18 Å². The number of hydrogen-bond donors (Lipinski definition) is 2. The van der Waals surface area contributed by atoms with Crippen LogP contribution < -0.4 is 10.6 Å². The highest BCUT2D eigenvalue weighted by molar-refractivity contribution is 5.95. The first-order valence-electron chi connectivity index (χ1n) is 13.7. The summed E-state index contributed by atoms with van der Waals surface area (Å²) in [4.78, 5) is 34.3. The van der Waals surface area contributed by atoms with Crippen LogP contribution >= 0.6 is 0 Å². The number of hydrogen-bond acceptors (Lipinski definition) is 7. The molecule has 0 unspecified atom stereocenters. The number of carbonyl (C=O) groups is 2. The first-order chi connectivity index (χ1) is 19.5. The number of carbonyl (C=O) groups excluding carboxylic acids is 2. The van der Waals surface area contributed by atoms with Crippen LogP contribution in [-0.2, 0) is 11.2 Å². The molecule has 3 fully saturated rings. The number of amides is 2. The van der Waals surface area contributed by atoms with Crippen LogP contribution in [0.25, 0.3) is 5.78 Å². The van der Waals surface area contributed by atoms with Gasteiger partial charge < -0.3 is 15.2 Å². The Morgan fingerprint density at radius 3 is 2.68 bits per heavy atom. The minimum absolute atomic E-state index is 0.0514. The van der Waals surface area contributed by atoms with E-state index in [0.29, 0.717) is 22.6 Å². The Morgan fingerprint density at radius 2 is 1.98 bits per heavy atom.